The van der Waals surface area contributed by atoms with Gasteiger partial charge in [-0.25, -0.2) is 8.78 Å². The molecule has 11 heteroatoms. The largest absolute Gasteiger partial charge is 0.416 e. The van der Waals surface area contributed by atoms with Crippen LogP contribution in [0, 0.1) is 11.6 Å². The van der Waals surface area contributed by atoms with Crippen molar-refractivity contribution in [3.63, 3.8) is 0 Å². The van der Waals surface area contributed by atoms with Crippen molar-refractivity contribution >= 4 is 11.5 Å². The maximum Gasteiger partial charge on any atom is 0.416 e. The zero-order valence-electron chi connectivity index (χ0n) is 21.4. The minimum atomic E-state index is -5.02. The van der Waals surface area contributed by atoms with Crippen LogP contribution < -0.4 is 0 Å². The third-order valence-corrected chi connectivity index (χ3v) is 7.47. The number of benzene rings is 3. The van der Waals surface area contributed by atoms with E-state index in [4.69, 9.17) is 4.74 Å². The second kappa shape index (κ2) is 10.6. The van der Waals surface area contributed by atoms with E-state index in [-0.39, 0.29) is 30.5 Å². The molecule has 2 heterocycles. The fourth-order valence-corrected chi connectivity index (χ4v) is 5.48. The van der Waals surface area contributed by atoms with Crippen LogP contribution in [0.1, 0.15) is 53.2 Å². The smallest absolute Gasteiger partial charge is 0.368 e. The molecular formula is C30H23F8NO2. The van der Waals surface area contributed by atoms with E-state index in [2.05, 4.69) is 0 Å². The summed E-state index contributed by atoms with van der Waals surface area (Å²) in [5, 5.41) is 0. The Balaban J connectivity index is 1.52. The Bertz CT molecular complexity index is 1430. The molecule has 0 spiro atoms. The molecule has 3 nitrogen and oxygen atoms in total. The van der Waals surface area contributed by atoms with Gasteiger partial charge in [0.1, 0.15) is 11.6 Å². The maximum atomic E-state index is 13.8. The van der Waals surface area contributed by atoms with Crippen molar-refractivity contribution in [2.75, 3.05) is 6.54 Å². The van der Waals surface area contributed by atoms with Gasteiger partial charge in [-0.1, -0.05) is 30.3 Å². The first-order valence-electron chi connectivity index (χ1n) is 12.7. The molecular weight excluding hydrogens is 558 g/mol. The number of nitrogens with zero attached hydrogens (tertiary/aromatic N) is 1. The highest BCUT2D eigenvalue weighted by atomic mass is 19.4. The molecule has 2 aliphatic rings. The van der Waals surface area contributed by atoms with Crippen LogP contribution in [0.25, 0.3) is 5.57 Å². The fourth-order valence-electron chi connectivity index (χ4n) is 5.48. The molecule has 3 aromatic rings. The molecule has 2 unspecified atom stereocenters. The van der Waals surface area contributed by atoms with Gasteiger partial charge >= 0.3 is 12.4 Å². The first kappa shape index (κ1) is 28.8. The first-order valence-corrected chi connectivity index (χ1v) is 12.7. The summed E-state index contributed by atoms with van der Waals surface area (Å²) in [7, 11) is 0. The van der Waals surface area contributed by atoms with Gasteiger partial charge in [0.15, 0.2) is 0 Å². The summed E-state index contributed by atoms with van der Waals surface area (Å²) in [5.41, 5.74) is -1.43. The summed E-state index contributed by atoms with van der Waals surface area (Å²) in [4.78, 5) is 14.7. The maximum absolute atomic E-state index is 13.8. The lowest BCUT2D eigenvalue weighted by atomic mass is 9.85. The Labute approximate surface area is 230 Å². The molecule has 1 amide bonds. The topological polar surface area (TPSA) is 29.5 Å². The highest BCUT2D eigenvalue weighted by molar-refractivity contribution is 5.92. The Morgan fingerprint density at radius 2 is 1.37 bits per heavy atom. The number of rotatable bonds is 5. The Morgan fingerprint density at radius 3 is 1.90 bits per heavy atom. The zero-order valence-corrected chi connectivity index (χ0v) is 21.4. The van der Waals surface area contributed by atoms with Gasteiger partial charge in [0.2, 0.25) is 5.91 Å². The van der Waals surface area contributed by atoms with E-state index in [1.54, 1.807) is 0 Å². The second-order valence-electron chi connectivity index (χ2n) is 10.1. The SMILES string of the molecule is C[C@@H](OC1CN2C(=O)CC(c3ccc(F)cc3)=CC2[C@@H]1c1ccc(F)cc1)c1cc(C(F)(F)F)cc(C(F)(F)F)c1. The predicted octanol–water partition coefficient (Wildman–Crippen LogP) is 7.93. The summed E-state index contributed by atoms with van der Waals surface area (Å²) in [6, 6.07) is 11.7. The molecule has 4 atom stereocenters. The standard InChI is InChI=1S/C30H23F8NO2/c1-16(19-10-21(29(33,34)35)14-22(11-19)30(36,37)38)41-26-15-39-25(28(26)18-4-8-24(32)9-5-18)12-20(13-27(39)40)17-2-6-23(31)7-3-17/h2-12,14,16,25-26,28H,13,15H2,1H3/t16-,25?,26?,28+/m1/s1. The van der Waals surface area contributed by atoms with Gasteiger partial charge in [-0.05, 0) is 71.7 Å². The molecule has 0 N–H and O–H groups in total. The van der Waals surface area contributed by atoms with E-state index in [0.29, 0.717) is 28.8 Å². The van der Waals surface area contributed by atoms with Gasteiger partial charge in [0.05, 0.1) is 35.8 Å². The highest BCUT2D eigenvalue weighted by Crippen LogP contribution is 2.44. The van der Waals surface area contributed by atoms with Crippen LogP contribution in [-0.4, -0.2) is 29.5 Å². The number of fused-ring (bicyclic) bond motifs is 1. The number of ether oxygens (including phenoxy) is 1. The average Bonchev–Trinajstić information content (AvgIpc) is 3.26. The minimum Gasteiger partial charge on any atom is -0.368 e. The van der Waals surface area contributed by atoms with Crippen LogP contribution in [0.3, 0.4) is 0 Å². The van der Waals surface area contributed by atoms with Crippen molar-refractivity contribution in [1.82, 2.24) is 4.90 Å². The number of carbonyl (C=O) groups is 1. The van der Waals surface area contributed by atoms with E-state index in [1.807, 2.05) is 6.08 Å². The van der Waals surface area contributed by atoms with Crippen LogP contribution in [0.2, 0.25) is 0 Å². The number of alkyl halides is 6. The van der Waals surface area contributed by atoms with Crippen LogP contribution in [0.15, 0.2) is 72.8 Å². The third kappa shape index (κ3) is 6.00. The number of hydrogen-bond donors (Lipinski definition) is 0. The lowest BCUT2D eigenvalue weighted by Crippen LogP contribution is -2.39. The minimum absolute atomic E-state index is 0.00309. The lowest BCUT2D eigenvalue weighted by molar-refractivity contribution is -0.143. The number of amides is 1. The van der Waals surface area contributed by atoms with Gasteiger partial charge in [0.25, 0.3) is 0 Å². The zero-order chi connectivity index (χ0) is 29.7. The van der Waals surface area contributed by atoms with E-state index in [1.165, 1.54) is 60.4 Å². The van der Waals surface area contributed by atoms with Crippen LogP contribution >= 0.6 is 0 Å². The molecule has 5 rings (SSSR count). The first-order chi connectivity index (χ1) is 19.2. The molecule has 0 bridgehead atoms. The molecule has 216 valence electrons. The molecule has 0 radical (unpaired) electrons. The number of halogens is 8. The predicted molar refractivity (Wildman–Crippen MR) is 133 cm³/mol. The molecule has 2 aliphatic heterocycles. The quantitative estimate of drug-likeness (QED) is 0.287. The summed E-state index contributed by atoms with van der Waals surface area (Å²) >= 11 is 0. The molecule has 3 aromatic carbocycles. The summed E-state index contributed by atoms with van der Waals surface area (Å²) in [6.45, 7) is 1.35. The van der Waals surface area contributed by atoms with Crippen molar-refractivity contribution in [2.45, 2.75) is 49.9 Å². The molecule has 0 aliphatic carbocycles. The summed E-state index contributed by atoms with van der Waals surface area (Å²) in [5.74, 6) is -1.86. The van der Waals surface area contributed by atoms with Crippen LogP contribution in [0.4, 0.5) is 35.1 Å². The van der Waals surface area contributed by atoms with Crippen molar-refractivity contribution < 1.29 is 44.7 Å². The fraction of sp³-hybridized carbons (Fsp3) is 0.300. The lowest BCUT2D eigenvalue weighted by Gasteiger charge is -2.31. The van der Waals surface area contributed by atoms with Gasteiger partial charge in [-0.15, -0.1) is 0 Å². The number of hydrogen-bond acceptors (Lipinski definition) is 2. The molecule has 0 saturated carbocycles. The number of carbonyl (C=O) groups excluding carboxylic acids is 1. The molecule has 1 saturated heterocycles. The van der Waals surface area contributed by atoms with Crippen molar-refractivity contribution in [3.8, 4) is 0 Å². The van der Waals surface area contributed by atoms with Gasteiger partial charge in [-0.2, -0.15) is 26.3 Å². The average molecular weight is 582 g/mol. The summed E-state index contributed by atoms with van der Waals surface area (Å²) in [6.07, 6.45) is -10.3. The van der Waals surface area contributed by atoms with E-state index in [9.17, 15) is 39.9 Å². The van der Waals surface area contributed by atoms with E-state index in [0.717, 1.165) is 0 Å². The van der Waals surface area contributed by atoms with Crippen molar-refractivity contribution in [3.05, 3.63) is 112 Å². The van der Waals surface area contributed by atoms with Crippen molar-refractivity contribution in [1.29, 1.82) is 0 Å². The van der Waals surface area contributed by atoms with Gasteiger partial charge < -0.3 is 9.64 Å². The Kier molecular flexibility index (Phi) is 7.44. The van der Waals surface area contributed by atoms with E-state index >= 15 is 0 Å². The molecule has 0 aromatic heterocycles. The van der Waals surface area contributed by atoms with E-state index < -0.39 is 59.3 Å². The molecule has 1 fully saturated rings. The second-order valence-corrected chi connectivity index (χ2v) is 10.1. The Hall–Kier alpha value is -3.73. The normalized spacial score (nSPS) is 22.0. The summed E-state index contributed by atoms with van der Waals surface area (Å²) < 4.78 is 114. The van der Waals surface area contributed by atoms with Gasteiger partial charge in [-0.3, -0.25) is 4.79 Å². The molecule has 41 heavy (non-hydrogen) atoms. The van der Waals surface area contributed by atoms with Crippen LogP contribution in [0.5, 0.6) is 0 Å². The van der Waals surface area contributed by atoms with Crippen LogP contribution in [-0.2, 0) is 21.9 Å². The monoisotopic (exact) mass is 581 g/mol. The highest BCUT2D eigenvalue weighted by Gasteiger charge is 2.47. The third-order valence-electron chi connectivity index (χ3n) is 7.47. The van der Waals surface area contributed by atoms with Gasteiger partial charge in [0, 0.05) is 12.5 Å². The van der Waals surface area contributed by atoms with Crippen molar-refractivity contribution in [2.24, 2.45) is 0 Å². The Morgan fingerprint density at radius 1 is 0.829 bits per heavy atom.